The number of carboxylic acids is 1. The van der Waals surface area contributed by atoms with Crippen LogP contribution in [-0.2, 0) is 14.3 Å². The molecule has 0 aromatic heterocycles. The number of amides is 2. The Morgan fingerprint density at radius 1 is 1.06 bits per heavy atom. The van der Waals surface area contributed by atoms with Gasteiger partial charge in [-0.3, -0.25) is 9.59 Å². The first-order chi connectivity index (χ1) is 16.6. The summed E-state index contributed by atoms with van der Waals surface area (Å²) in [5, 5.41) is 13.9. The van der Waals surface area contributed by atoms with Crippen molar-refractivity contribution in [3.8, 4) is 11.1 Å². The summed E-state index contributed by atoms with van der Waals surface area (Å²) in [6.45, 7) is 2.89. The lowest BCUT2D eigenvalue weighted by atomic mass is 9.95. The van der Waals surface area contributed by atoms with E-state index in [-0.39, 0.29) is 18.9 Å². The zero-order valence-corrected chi connectivity index (χ0v) is 19.5. The summed E-state index contributed by atoms with van der Waals surface area (Å²) in [5.74, 6) is -9.05. The van der Waals surface area contributed by atoms with Crippen LogP contribution >= 0.6 is 0 Å². The molecule has 3 atom stereocenters. The maximum Gasteiger partial charge on any atom is 0.408 e. The smallest absolute Gasteiger partial charge is 0.408 e. The fraction of sp³-hybridized carbons (Fsp3) is 0.423. The molecule has 0 radical (unpaired) electrons. The molecule has 0 spiro atoms. The number of nitrogens with one attached hydrogen (secondary N) is 2. The molecule has 1 fully saturated rings. The van der Waals surface area contributed by atoms with Crippen molar-refractivity contribution in [2.75, 3.05) is 13.2 Å². The highest BCUT2D eigenvalue weighted by atomic mass is 19.3. The van der Waals surface area contributed by atoms with E-state index in [1.807, 2.05) is 55.5 Å². The SMILES string of the molecule is CCCC(C)(NC(=O)OCC1c2ccccc2-c2ccccc21)C(=O)NCC1C(C(=O)O)C1(F)F. The first kappa shape index (κ1) is 24.6. The summed E-state index contributed by atoms with van der Waals surface area (Å²) in [7, 11) is 0. The van der Waals surface area contributed by atoms with Crippen LogP contribution in [0.3, 0.4) is 0 Å². The monoisotopic (exact) mass is 486 g/mol. The van der Waals surface area contributed by atoms with Gasteiger partial charge in [-0.2, -0.15) is 0 Å². The molecule has 3 N–H and O–H groups in total. The Labute approximate surface area is 201 Å². The van der Waals surface area contributed by atoms with Crippen molar-refractivity contribution in [2.45, 2.75) is 44.1 Å². The van der Waals surface area contributed by atoms with E-state index >= 15 is 0 Å². The molecule has 2 aliphatic carbocycles. The molecule has 9 heteroatoms. The van der Waals surface area contributed by atoms with Crippen molar-refractivity contribution in [3.63, 3.8) is 0 Å². The Bertz CT molecular complexity index is 1110. The van der Waals surface area contributed by atoms with Crippen LogP contribution in [-0.4, -0.2) is 47.7 Å². The fourth-order valence-electron chi connectivity index (χ4n) is 4.97. The van der Waals surface area contributed by atoms with Gasteiger partial charge in [0.1, 0.15) is 18.1 Å². The van der Waals surface area contributed by atoms with Crippen LogP contribution < -0.4 is 10.6 Å². The summed E-state index contributed by atoms with van der Waals surface area (Å²) < 4.78 is 32.8. The average Bonchev–Trinajstić information content (AvgIpc) is 3.23. The van der Waals surface area contributed by atoms with Gasteiger partial charge in [-0.05, 0) is 35.6 Å². The van der Waals surface area contributed by atoms with Gasteiger partial charge in [-0.15, -0.1) is 0 Å². The number of ether oxygens (including phenoxy) is 1. The molecule has 7 nitrogen and oxygen atoms in total. The number of rotatable bonds is 9. The molecule has 2 amide bonds. The molecule has 0 aliphatic heterocycles. The zero-order chi connectivity index (χ0) is 25.4. The summed E-state index contributed by atoms with van der Waals surface area (Å²) in [4.78, 5) is 36.5. The predicted molar refractivity (Wildman–Crippen MR) is 124 cm³/mol. The maximum atomic E-state index is 13.7. The van der Waals surface area contributed by atoms with Crippen LogP contribution in [0.15, 0.2) is 48.5 Å². The minimum absolute atomic E-state index is 0.0677. The Morgan fingerprint density at radius 3 is 2.14 bits per heavy atom. The number of carbonyl (C=O) groups excluding carboxylic acids is 2. The van der Waals surface area contributed by atoms with Crippen molar-refractivity contribution in [2.24, 2.45) is 11.8 Å². The third-order valence-corrected chi connectivity index (χ3v) is 6.92. The van der Waals surface area contributed by atoms with E-state index in [9.17, 15) is 23.2 Å². The number of benzene rings is 2. The van der Waals surface area contributed by atoms with Crippen LogP contribution in [0.4, 0.5) is 13.6 Å². The van der Waals surface area contributed by atoms with E-state index in [0.717, 1.165) is 22.3 Å². The van der Waals surface area contributed by atoms with Gasteiger partial charge in [0.15, 0.2) is 0 Å². The van der Waals surface area contributed by atoms with E-state index in [0.29, 0.717) is 6.42 Å². The summed E-state index contributed by atoms with van der Waals surface area (Å²) in [5.41, 5.74) is 2.87. The largest absolute Gasteiger partial charge is 0.481 e. The standard InChI is InChI=1S/C26H28F2N2O5/c1-3-12-25(2,23(33)29-13-20-21(22(31)32)26(20,27)28)30-24(34)35-14-19-17-10-6-4-8-15(17)16-9-5-7-11-18(16)19/h4-11,19-21H,3,12-14H2,1-2H3,(H,29,33)(H,30,34)(H,31,32). The molecule has 0 bridgehead atoms. The summed E-state index contributed by atoms with van der Waals surface area (Å²) >= 11 is 0. The number of alkyl halides is 2. The van der Waals surface area contributed by atoms with Crippen LogP contribution in [0, 0.1) is 11.8 Å². The molecular weight excluding hydrogens is 458 g/mol. The van der Waals surface area contributed by atoms with E-state index in [2.05, 4.69) is 10.6 Å². The lowest BCUT2D eigenvalue weighted by Gasteiger charge is -2.29. The number of aliphatic carboxylic acids is 1. The van der Waals surface area contributed by atoms with Gasteiger partial charge in [0.05, 0.1) is 5.92 Å². The highest BCUT2D eigenvalue weighted by Gasteiger charge is 2.72. The third-order valence-electron chi connectivity index (χ3n) is 6.92. The number of carboxylic acid groups (broad SMARTS) is 1. The predicted octanol–water partition coefficient (Wildman–Crippen LogP) is 4.17. The molecular formula is C26H28F2N2O5. The number of fused-ring (bicyclic) bond motifs is 3. The van der Waals surface area contributed by atoms with E-state index in [4.69, 9.17) is 9.84 Å². The third kappa shape index (κ3) is 4.59. The Balaban J connectivity index is 1.38. The molecule has 0 heterocycles. The van der Waals surface area contributed by atoms with Gasteiger partial charge in [-0.25, -0.2) is 13.6 Å². The van der Waals surface area contributed by atoms with E-state index in [1.165, 1.54) is 6.92 Å². The van der Waals surface area contributed by atoms with Gasteiger partial charge in [0.25, 0.3) is 5.92 Å². The highest BCUT2D eigenvalue weighted by Crippen LogP contribution is 2.55. The summed E-state index contributed by atoms with van der Waals surface area (Å²) in [6, 6.07) is 15.8. The molecule has 2 aliphatic rings. The zero-order valence-electron chi connectivity index (χ0n) is 19.5. The molecule has 2 aromatic carbocycles. The van der Waals surface area contributed by atoms with Crippen molar-refractivity contribution in [3.05, 3.63) is 59.7 Å². The van der Waals surface area contributed by atoms with Gasteiger partial charge in [0.2, 0.25) is 5.91 Å². The topological polar surface area (TPSA) is 105 Å². The highest BCUT2D eigenvalue weighted by molar-refractivity contribution is 5.89. The fourth-order valence-corrected chi connectivity index (χ4v) is 4.97. The molecule has 0 saturated heterocycles. The lowest BCUT2D eigenvalue weighted by Crippen LogP contribution is -2.57. The Morgan fingerprint density at radius 2 is 1.63 bits per heavy atom. The van der Waals surface area contributed by atoms with E-state index in [1.54, 1.807) is 0 Å². The first-order valence-corrected chi connectivity index (χ1v) is 11.6. The number of hydrogen-bond donors (Lipinski definition) is 3. The number of halogens is 2. The second-order valence-corrected chi connectivity index (χ2v) is 9.34. The van der Waals surface area contributed by atoms with Crippen molar-refractivity contribution in [1.82, 2.24) is 10.6 Å². The molecule has 186 valence electrons. The van der Waals surface area contributed by atoms with Gasteiger partial charge in [0, 0.05) is 12.5 Å². The summed E-state index contributed by atoms with van der Waals surface area (Å²) in [6.07, 6.45) is -0.0182. The normalized spacial score (nSPS) is 21.3. The van der Waals surface area contributed by atoms with Crippen LogP contribution in [0.25, 0.3) is 11.1 Å². The number of alkyl carbamates (subject to hydrolysis) is 1. The Kier molecular flexibility index (Phi) is 6.53. The van der Waals surface area contributed by atoms with Gasteiger partial charge < -0.3 is 20.5 Å². The van der Waals surface area contributed by atoms with Gasteiger partial charge in [-0.1, -0.05) is 61.9 Å². The van der Waals surface area contributed by atoms with Gasteiger partial charge >= 0.3 is 12.1 Å². The average molecular weight is 487 g/mol. The van der Waals surface area contributed by atoms with Crippen LogP contribution in [0.5, 0.6) is 0 Å². The molecule has 4 rings (SSSR count). The first-order valence-electron chi connectivity index (χ1n) is 11.6. The molecule has 1 saturated carbocycles. The van der Waals surface area contributed by atoms with Crippen LogP contribution in [0.2, 0.25) is 0 Å². The van der Waals surface area contributed by atoms with Crippen molar-refractivity contribution in [1.29, 1.82) is 0 Å². The maximum absolute atomic E-state index is 13.7. The van der Waals surface area contributed by atoms with Crippen molar-refractivity contribution < 1.29 is 33.0 Å². The molecule has 35 heavy (non-hydrogen) atoms. The molecule has 3 unspecified atom stereocenters. The second kappa shape index (κ2) is 9.28. The number of carbonyl (C=O) groups is 3. The van der Waals surface area contributed by atoms with Crippen molar-refractivity contribution >= 4 is 18.0 Å². The van der Waals surface area contributed by atoms with Crippen LogP contribution in [0.1, 0.15) is 43.7 Å². The lowest BCUT2D eigenvalue weighted by molar-refractivity contribution is -0.141. The minimum atomic E-state index is -3.36. The number of hydrogen-bond acceptors (Lipinski definition) is 4. The van der Waals surface area contributed by atoms with E-state index < -0.39 is 47.8 Å². The second-order valence-electron chi connectivity index (χ2n) is 9.34. The Hall–Kier alpha value is -3.49. The molecule has 2 aromatic rings. The minimum Gasteiger partial charge on any atom is -0.481 e. The quantitative estimate of drug-likeness (QED) is 0.494.